The molecule has 5 heteroatoms. The van der Waals surface area contributed by atoms with Crippen LogP contribution < -0.4 is 5.56 Å². The van der Waals surface area contributed by atoms with Gasteiger partial charge in [0.2, 0.25) is 0 Å². The number of pyridine rings is 1. The van der Waals surface area contributed by atoms with Crippen molar-refractivity contribution in [1.29, 1.82) is 0 Å². The number of phenolic OH excluding ortho intramolecular Hbond substituents is 1. The molecule has 0 unspecified atom stereocenters. The first-order valence-corrected chi connectivity index (χ1v) is 5.63. The van der Waals surface area contributed by atoms with Gasteiger partial charge in [-0.05, 0) is 34.1 Å². The Morgan fingerprint density at radius 2 is 2.06 bits per heavy atom. The molecule has 0 aliphatic carbocycles. The van der Waals surface area contributed by atoms with Crippen molar-refractivity contribution in [1.82, 2.24) is 4.98 Å². The van der Waals surface area contributed by atoms with E-state index in [1.807, 2.05) is 0 Å². The summed E-state index contributed by atoms with van der Waals surface area (Å²) in [6, 6.07) is 6.34. The van der Waals surface area contributed by atoms with E-state index in [2.05, 4.69) is 20.9 Å². The van der Waals surface area contributed by atoms with Crippen LogP contribution in [0.4, 0.5) is 0 Å². The number of nitrogens with one attached hydrogen (secondary N) is 1. The minimum atomic E-state index is -0.257. The highest BCUT2D eigenvalue weighted by molar-refractivity contribution is 9.10. The monoisotopic (exact) mass is 299 g/mol. The second kappa shape index (κ2) is 4.31. The van der Waals surface area contributed by atoms with Gasteiger partial charge in [-0.25, -0.2) is 0 Å². The van der Waals surface area contributed by atoms with Crippen molar-refractivity contribution in [2.75, 3.05) is 0 Å². The summed E-state index contributed by atoms with van der Waals surface area (Å²) in [6.45, 7) is 0. The van der Waals surface area contributed by atoms with Gasteiger partial charge in [0.25, 0.3) is 5.56 Å². The molecule has 0 saturated carbocycles. The van der Waals surface area contributed by atoms with Crippen LogP contribution >= 0.6 is 27.5 Å². The van der Waals surface area contributed by atoms with Gasteiger partial charge in [-0.15, -0.1) is 0 Å². The van der Waals surface area contributed by atoms with Crippen LogP contribution in [0.15, 0.2) is 39.7 Å². The molecule has 0 atom stereocenters. The zero-order valence-electron chi connectivity index (χ0n) is 8.00. The molecule has 0 aliphatic rings. The van der Waals surface area contributed by atoms with Crippen LogP contribution in [0.5, 0.6) is 5.75 Å². The third kappa shape index (κ3) is 1.99. The zero-order chi connectivity index (χ0) is 11.7. The fourth-order valence-electron chi connectivity index (χ4n) is 1.39. The minimum absolute atomic E-state index is 0.0232. The summed E-state index contributed by atoms with van der Waals surface area (Å²) in [7, 11) is 0. The molecular formula is C11H7BrClNO2. The van der Waals surface area contributed by atoms with Gasteiger partial charge in [-0.1, -0.05) is 11.6 Å². The lowest BCUT2D eigenvalue weighted by Gasteiger charge is -2.05. The smallest absolute Gasteiger partial charge is 0.255 e. The maximum Gasteiger partial charge on any atom is 0.255 e. The molecule has 0 aliphatic heterocycles. The molecule has 0 bridgehead atoms. The van der Waals surface area contributed by atoms with E-state index < -0.39 is 0 Å². The number of rotatable bonds is 1. The van der Waals surface area contributed by atoms with E-state index in [9.17, 15) is 9.90 Å². The van der Waals surface area contributed by atoms with E-state index in [4.69, 9.17) is 11.6 Å². The summed E-state index contributed by atoms with van der Waals surface area (Å²) in [6.07, 6.45) is 1.54. The summed E-state index contributed by atoms with van der Waals surface area (Å²) >= 11 is 9.07. The average molecular weight is 301 g/mol. The maximum atomic E-state index is 11.6. The van der Waals surface area contributed by atoms with E-state index in [0.717, 1.165) is 0 Å². The highest BCUT2D eigenvalue weighted by Crippen LogP contribution is 2.34. The number of aromatic amines is 1. The van der Waals surface area contributed by atoms with Gasteiger partial charge in [-0.2, -0.15) is 0 Å². The van der Waals surface area contributed by atoms with Crippen LogP contribution in [0.1, 0.15) is 0 Å². The Balaban J connectivity index is 2.70. The fourth-order valence-corrected chi connectivity index (χ4v) is 1.89. The Hall–Kier alpha value is -1.26. The first-order valence-electron chi connectivity index (χ1n) is 4.45. The topological polar surface area (TPSA) is 53.1 Å². The van der Waals surface area contributed by atoms with Crippen LogP contribution in [0, 0.1) is 0 Å². The number of halogens is 2. The van der Waals surface area contributed by atoms with E-state index >= 15 is 0 Å². The van der Waals surface area contributed by atoms with Gasteiger partial charge in [0.05, 0.1) is 10.6 Å². The molecule has 0 saturated heterocycles. The molecule has 82 valence electrons. The van der Waals surface area contributed by atoms with Gasteiger partial charge in [0, 0.05) is 22.3 Å². The Labute approximate surface area is 105 Å². The molecule has 1 aromatic carbocycles. The quantitative estimate of drug-likeness (QED) is 0.850. The van der Waals surface area contributed by atoms with E-state index in [1.54, 1.807) is 18.2 Å². The Bertz CT molecular complexity index is 595. The Kier molecular flexibility index (Phi) is 3.03. The highest BCUT2D eigenvalue weighted by atomic mass is 79.9. The van der Waals surface area contributed by atoms with Crippen molar-refractivity contribution in [3.8, 4) is 16.9 Å². The van der Waals surface area contributed by atoms with Gasteiger partial charge >= 0.3 is 0 Å². The first-order chi connectivity index (χ1) is 7.59. The number of H-pyrrole nitrogens is 1. The van der Waals surface area contributed by atoms with Gasteiger partial charge in [0.1, 0.15) is 5.75 Å². The van der Waals surface area contributed by atoms with Gasteiger partial charge in [0.15, 0.2) is 0 Å². The van der Waals surface area contributed by atoms with Crippen LogP contribution in [0.3, 0.4) is 0 Å². The minimum Gasteiger partial charge on any atom is -0.507 e. The first kappa shape index (κ1) is 11.2. The van der Waals surface area contributed by atoms with Gasteiger partial charge in [-0.3, -0.25) is 4.79 Å². The summed E-state index contributed by atoms with van der Waals surface area (Å²) in [5.74, 6) is -0.0232. The molecule has 0 spiro atoms. The lowest BCUT2D eigenvalue weighted by Crippen LogP contribution is -2.06. The summed E-state index contributed by atoms with van der Waals surface area (Å²) in [5, 5.41) is 10.1. The van der Waals surface area contributed by atoms with Crippen molar-refractivity contribution in [3.63, 3.8) is 0 Å². The van der Waals surface area contributed by atoms with E-state index in [1.165, 1.54) is 12.3 Å². The van der Waals surface area contributed by atoms with Gasteiger partial charge < -0.3 is 10.1 Å². The summed E-state index contributed by atoms with van der Waals surface area (Å²) < 4.78 is 0.630. The molecule has 0 fully saturated rings. The molecule has 0 radical (unpaired) electrons. The molecule has 2 aromatic rings. The van der Waals surface area contributed by atoms with Crippen LogP contribution in [0.2, 0.25) is 5.02 Å². The second-order valence-electron chi connectivity index (χ2n) is 3.20. The fraction of sp³-hybridized carbons (Fsp3) is 0. The number of benzene rings is 1. The van der Waals surface area contributed by atoms with E-state index in [0.29, 0.717) is 20.6 Å². The van der Waals surface area contributed by atoms with Crippen molar-refractivity contribution < 1.29 is 5.11 Å². The average Bonchev–Trinajstić information content (AvgIpc) is 2.25. The number of aromatic hydroxyl groups is 1. The third-order valence-electron chi connectivity index (χ3n) is 2.15. The molecule has 16 heavy (non-hydrogen) atoms. The molecule has 2 rings (SSSR count). The molecule has 3 nitrogen and oxygen atoms in total. The molecule has 1 aromatic heterocycles. The SMILES string of the molecule is O=c1[nH]cccc1-c1cc(Br)c(Cl)cc1O. The molecule has 1 heterocycles. The van der Waals surface area contributed by atoms with Crippen molar-refractivity contribution >= 4 is 27.5 Å². The summed E-state index contributed by atoms with van der Waals surface area (Å²) in [5.41, 5.74) is 0.586. The van der Waals surface area contributed by atoms with Crippen LogP contribution in [-0.2, 0) is 0 Å². The number of aromatic nitrogens is 1. The number of hydrogen-bond acceptors (Lipinski definition) is 2. The summed E-state index contributed by atoms with van der Waals surface area (Å²) in [4.78, 5) is 14.1. The highest BCUT2D eigenvalue weighted by Gasteiger charge is 2.10. The number of phenols is 1. The van der Waals surface area contributed by atoms with Crippen molar-refractivity contribution in [2.24, 2.45) is 0 Å². The molecule has 0 amide bonds. The predicted molar refractivity (Wildman–Crippen MR) is 66.9 cm³/mol. The van der Waals surface area contributed by atoms with Crippen molar-refractivity contribution in [3.05, 3.63) is 50.3 Å². The lowest BCUT2D eigenvalue weighted by molar-refractivity contribution is 0.477. The Morgan fingerprint density at radius 3 is 2.75 bits per heavy atom. The lowest BCUT2D eigenvalue weighted by atomic mass is 10.1. The zero-order valence-corrected chi connectivity index (χ0v) is 10.3. The maximum absolute atomic E-state index is 11.6. The standard InChI is InChI=1S/C11H7BrClNO2/c12-8-4-7(10(15)5-9(8)13)6-2-1-3-14-11(6)16/h1-5,15H,(H,14,16). The van der Waals surface area contributed by atoms with Crippen LogP contribution in [-0.4, -0.2) is 10.1 Å². The normalized spacial score (nSPS) is 10.4. The molecule has 2 N–H and O–H groups in total. The van der Waals surface area contributed by atoms with Crippen LogP contribution in [0.25, 0.3) is 11.1 Å². The number of hydrogen-bond donors (Lipinski definition) is 2. The third-order valence-corrected chi connectivity index (χ3v) is 3.34. The molecular weight excluding hydrogens is 293 g/mol. The second-order valence-corrected chi connectivity index (χ2v) is 4.46. The predicted octanol–water partition coefficient (Wildman–Crippen LogP) is 3.16. The Morgan fingerprint density at radius 1 is 1.31 bits per heavy atom. The van der Waals surface area contributed by atoms with Crippen molar-refractivity contribution in [2.45, 2.75) is 0 Å². The largest absolute Gasteiger partial charge is 0.507 e. The van der Waals surface area contributed by atoms with E-state index in [-0.39, 0.29) is 11.3 Å².